The highest BCUT2D eigenvalue weighted by Crippen LogP contribution is 2.32. The number of hydrogen-bond donors (Lipinski definition) is 0. The highest BCUT2D eigenvalue weighted by molar-refractivity contribution is 6.21. The largest absolute Gasteiger partial charge is 0.467 e. The summed E-state index contributed by atoms with van der Waals surface area (Å²) in [5.41, 5.74) is 0. The molecule has 1 fully saturated rings. The van der Waals surface area contributed by atoms with Crippen LogP contribution in [0.15, 0.2) is 0 Å². The van der Waals surface area contributed by atoms with Crippen LogP contribution in [0.2, 0.25) is 0 Å². The number of ether oxygens (including phenoxy) is 2. The zero-order valence-electron chi connectivity index (χ0n) is 10.3. The number of halogens is 1. The first-order valence-corrected chi connectivity index (χ1v) is 6.06. The first kappa shape index (κ1) is 14.1. The maximum absolute atomic E-state index is 11.7. The Labute approximate surface area is 106 Å². The summed E-state index contributed by atoms with van der Waals surface area (Å²) < 4.78 is 9.39. The molecule has 0 saturated carbocycles. The van der Waals surface area contributed by atoms with Crippen LogP contribution in [0.25, 0.3) is 0 Å². The van der Waals surface area contributed by atoms with E-state index in [2.05, 4.69) is 4.74 Å². The smallest absolute Gasteiger partial charge is 0.410 e. The fourth-order valence-electron chi connectivity index (χ4n) is 2.24. The Kier molecular flexibility index (Phi) is 5.05. The fourth-order valence-corrected chi connectivity index (χ4v) is 2.51. The van der Waals surface area contributed by atoms with Crippen LogP contribution < -0.4 is 0 Å². The molecule has 0 N–H and O–H groups in total. The van der Waals surface area contributed by atoms with Crippen LogP contribution in [-0.2, 0) is 14.3 Å². The number of methoxy groups -OCH3 is 2. The number of alkyl halides is 1. The molecule has 1 saturated heterocycles. The highest BCUT2D eigenvalue weighted by Gasteiger charge is 2.45. The molecule has 1 aliphatic rings. The van der Waals surface area contributed by atoms with Gasteiger partial charge < -0.3 is 9.47 Å². The first-order valence-electron chi connectivity index (χ1n) is 5.63. The lowest BCUT2D eigenvalue weighted by atomic mass is 9.95. The molecule has 3 unspecified atom stereocenters. The summed E-state index contributed by atoms with van der Waals surface area (Å²) in [6.07, 6.45) is 0.925. The monoisotopic (exact) mass is 263 g/mol. The van der Waals surface area contributed by atoms with E-state index in [0.717, 1.165) is 6.42 Å². The molecule has 6 heteroatoms. The Hall–Kier alpha value is -0.970. The predicted octanol–water partition coefficient (Wildman–Crippen LogP) is 1.63. The molecule has 0 aliphatic carbocycles. The SMILES string of the molecule is CCC(Cl)C1CCN(C(=O)OC)C1C(=O)OC. The number of amides is 1. The summed E-state index contributed by atoms with van der Waals surface area (Å²) in [5, 5.41) is -0.145. The van der Waals surface area contributed by atoms with Crippen molar-refractivity contribution in [3.63, 3.8) is 0 Å². The molecule has 0 aromatic carbocycles. The maximum Gasteiger partial charge on any atom is 0.410 e. The Morgan fingerprint density at radius 3 is 2.53 bits per heavy atom. The first-order chi connectivity index (χ1) is 8.06. The second kappa shape index (κ2) is 6.10. The highest BCUT2D eigenvalue weighted by atomic mass is 35.5. The Morgan fingerprint density at radius 2 is 2.06 bits per heavy atom. The standard InChI is InChI=1S/C11H18ClNO4/c1-4-8(12)7-5-6-13(11(15)17-3)9(7)10(14)16-2/h7-9H,4-6H2,1-3H3. The van der Waals surface area contributed by atoms with Gasteiger partial charge in [-0.15, -0.1) is 11.6 Å². The molecular weight excluding hydrogens is 246 g/mol. The molecule has 1 aliphatic heterocycles. The molecule has 1 heterocycles. The lowest BCUT2D eigenvalue weighted by Crippen LogP contribution is -2.45. The minimum absolute atomic E-state index is 0.0757. The van der Waals surface area contributed by atoms with Crippen LogP contribution in [0.4, 0.5) is 4.79 Å². The molecule has 0 radical (unpaired) electrons. The van der Waals surface area contributed by atoms with Crippen LogP contribution in [-0.4, -0.2) is 49.1 Å². The van der Waals surface area contributed by atoms with Crippen molar-refractivity contribution in [3.05, 3.63) is 0 Å². The van der Waals surface area contributed by atoms with Crippen molar-refractivity contribution in [2.75, 3.05) is 20.8 Å². The average Bonchev–Trinajstić information content (AvgIpc) is 2.80. The van der Waals surface area contributed by atoms with Crippen molar-refractivity contribution >= 4 is 23.7 Å². The summed E-state index contributed by atoms with van der Waals surface area (Å²) in [7, 11) is 2.60. The normalized spacial score (nSPS) is 25.5. The minimum Gasteiger partial charge on any atom is -0.467 e. The second-order valence-corrected chi connectivity index (χ2v) is 4.57. The number of rotatable bonds is 3. The van der Waals surface area contributed by atoms with Crippen LogP contribution >= 0.6 is 11.6 Å². The van der Waals surface area contributed by atoms with Gasteiger partial charge in [0.2, 0.25) is 0 Å². The number of hydrogen-bond acceptors (Lipinski definition) is 4. The third-order valence-electron chi connectivity index (χ3n) is 3.15. The van der Waals surface area contributed by atoms with E-state index < -0.39 is 18.1 Å². The van der Waals surface area contributed by atoms with Crippen molar-refractivity contribution in [2.45, 2.75) is 31.2 Å². The topological polar surface area (TPSA) is 55.8 Å². The molecule has 17 heavy (non-hydrogen) atoms. The molecule has 98 valence electrons. The van der Waals surface area contributed by atoms with Gasteiger partial charge in [-0.3, -0.25) is 4.90 Å². The lowest BCUT2D eigenvalue weighted by Gasteiger charge is -2.26. The molecule has 0 bridgehead atoms. The molecule has 1 amide bonds. The molecule has 5 nitrogen and oxygen atoms in total. The van der Waals surface area contributed by atoms with E-state index in [0.29, 0.717) is 13.0 Å². The van der Waals surface area contributed by atoms with Gasteiger partial charge in [-0.2, -0.15) is 0 Å². The van der Waals surface area contributed by atoms with Crippen LogP contribution in [0.3, 0.4) is 0 Å². The van der Waals surface area contributed by atoms with Gasteiger partial charge in [0.15, 0.2) is 0 Å². The summed E-state index contributed by atoms with van der Waals surface area (Å²) in [6.45, 7) is 2.42. The number of carbonyl (C=O) groups is 2. The van der Waals surface area contributed by atoms with E-state index in [4.69, 9.17) is 16.3 Å². The third kappa shape index (κ3) is 2.83. The van der Waals surface area contributed by atoms with Gasteiger partial charge in [-0.25, -0.2) is 9.59 Å². The van der Waals surface area contributed by atoms with E-state index in [-0.39, 0.29) is 11.3 Å². The van der Waals surface area contributed by atoms with Crippen molar-refractivity contribution in [3.8, 4) is 0 Å². The Morgan fingerprint density at radius 1 is 1.41 bits per heavy atom. The molecule has 3 atom stereocenters. The molecule has 1 rings (SSSR count). The number of carbonyl (C=O) groups excluding carboxylic acids is 2. The predicted molar refractivity (Wildman–Crippen MR) is 63.0 cm³/mol. The van der Waals surface area contributed by atoms with E-state index in [9.17, 15) is 9.59 Å². The molecule has 0 aromatic heterocycles. The van der Waals surface area contributed by atoms with Gasteiger partial charge in [0.05, 0.1) is 14.2 Å². The van der Waals surface area contributed by atoms with Gasteiger partial charge in [0, 0.05) is 17.8 Å². The second-order valence-electron chi connectivity index (χ2n) is 4.01. The number of esters is 1. The lowest BCUT2D eigenvalue weighted by molar-refractivity contribution is -0.146. The van der Waals surface area contributed by atoms with Crippen LogP contribution in [0.5, 0.6) is 0 Å². The summed E-state index contributed by atoms with van der Waals surface area (Å²) in [5.74, 6) is -0.509. The van der Waals surface area contributed by atoms with E-state index in [1.165, 1.54) is 19.1 Å². The van der Waals surface area contributed by atoms with E-state index >= 15 is 0 Å². The van der Waals surface area contributed by atoms with Gasteiger partial charge >= 0.3 is 12.1 Å². The maximum atomic E-state index is 11.7. The van der Waals surface area contributed by atoms with Crippen molar-refractivity contribution in [1.82, 2.24) is 4.90 Å². The Bertz CT molecular complexity index is 297. The van der Waals surface area contributed by atoms with Gasteiger partial charge in [0.25, 0.3) is 0 Å². The number of nitrogens with zero attached hydrogens (tertiary/aromatic N) is 1. The minimum atomic E-state index is -0.630. The van der Waals surface area contributed by atoms with E-state index in [1.54, 1.807) is 0 Å². The number of likely N-dealkylation sites (tertiary alicyclic amines) is 1. The fraction of sp³-hybridized carbons (Fsp3) is 0.818. The summed E-state index contributed by atoms with van der Waals surface area (Å²) in [4.78, 5) is 24.7. The Balaban J connectivity index is 2.89. The summed E-state index contributed by atoms with van der Waals surface area (Å²) in [6, 6.07) is -0.630. The van der Waals surface area contributed by atoms with Crippen LogP contribution in [0.1, 0.15) is 19.8 Å². The van der Waals surface area contributed by atoms with E-state index in [1.807, 2.05) is 6.92 Å². The van der Waals surface area contributed by atoms with Crippen LogP contribution in [0, 0.1) is 5.92 Å². The molecule has 0 spiro atoms. The van der Waals surface area contributed by atoms with Crippen molar-refractivity contribution < 1.29 is 19.1 Å². The van der Waals surface area contributed by atoms with Gasteiger partial charge in [-0.05, 0) is 12.8 Å². The zero-order chi connectivity index (χ0) is 13.0. The molecule has 0 aromatic rings. The van der Waals surface area contributed by atoms with Crippen molar-refractivity contribution in [2.24, 2.45) is 5.92 Å². The van der Waals surface area contributed by atoms with Gasteiger partial charge in [0.1, 0.15) is 6.04 Å². The quantitative estimate of drug-likeness (QED) is 0.574. The third-order valence-corrected chi connectivity index (χ3v) is 3.78. The van der Waals surface area contributed by atoms with Crippen molar-refractivity contribution in [1.29, 1.82) is 0 Å². The molecular formula is C11H18ClNO4. The summed E-state index contributed by atoms with van der Waals surface area (Å²) >= 11 is 6.19. The van der Waals surface area contributed by atoms with Gasteiger partial charge in [-0.1, -0.05) is 6.92 Å². The zero-order valence-corrected chi connectivity index (χ0v) is 11.1. The average molecular weight is 264 g/mol.